The summed E-state index contributed by atoms with van der Waals surface area (Å²) in [5, 5.41) is 17.1. The Balaban J connectivity index is 2.05. The molecule has 0 bridgehead atoms. The van der Waals surface area contributed by atoms with E-state index in [1.165, 1.54) is 31.4 Å². The van der Waals surface area contributed by atoms with Crippen LogP contribution in [0, 0.1) is 16.0 Å². The number of rotatable bonds is 5. The zero-order chi connectivity index (χ0) is 14.5. The molecule has 6 heteroatoms. The van der Waals surface area contributed by atoms with Gasteiger partial charge in [0.25, 0.3) is 5.69 Å². The van der Waals surface area contributed by atoms with E-state index in [1.54, 1.807) is 7.05 Å². The van der Waals surface area contributed by atoms with Gasteiger partial charge >= 0.3 is 0 Å². The second-order valence-corrected chi connectivity index (χ2v) is 5.37. The van der Waals surface area contributed by atoms with Crippen LogP contribution in [-0.2, 0) is 0 Å². The quantitative estimate of drug-likeness (QED) is 0.637. The monoisotopic (exact) mass is 278 g/mol. The molecule has 1 heterocycles. The van der Waals surface area contributed by atoms with Crippen LogP contribution in [0.4, 0.5) is 17.3 Å². The predicted octanol–water partition coefficient (Wildman–Crippen LogP) is 3.41. The Morgan fingerprint density at radius 1 is 1.30 bits per heavy atom. The summed E-state index contributed by atoms with van der Waals surface area (Å²) in [6.07, 6.45) is 5.91. The van der Waals surface area contributed by atoms with E-state index >= 15 is 0 Å². The molecular formula is C14H22N4O2. The van der Waals surface area contributed by atoms with Gasteiger partial charge in [-0.25, -0.2) is 4.98 Å². The number of hydrogen-bond acceptors (Lipinski definition) is 5. The first-order valence-corrected chi connectivity index (χ1v) is 7.23. The minimum atomic E-state index is -0.387. The van der Waals surface area contributed by atoms with E-state index in [2.05, 4.69) is 22.5 Å². The van der Waals surface area contributed by atoms with Crippen molar-refractivity contribution in [2.45, 2.75) is 45.1 Å². The number of aromatic nitrogens is 1. The Labute approximate surface area is 119 Å². The van der Waals surface area contributed by atoms with Gasteiger partial charge in [0.2, 0.25) is 0 Å². The maximum absolute atomic E-state index is 10.9. The van der Waals surface area contributed by atoms with Gasteiger partial charge < -0.3 is 10.6 Å². The average Bonchev–Trinajstić information content (AvgIpc) is 2.47. The van der Waals surface area contributed by atoms with Crippen molar-refractivity contribution in [2.24, 2.45) is 5.92 Å². The Kier molecular flexibility index (Phi) is 4.76. The number of nitro groups is 1. The van der Waals surface area contributed by atoms with Gasteiger partial charge in [-0.05, 0) is 31.6 Å². The Hall–Kier alpha value is -1.85. The SMILES string of the molecule is CCC1CCC(Nc2cc([N+](=O)[O-])cc(NC)n2)CC1. The molecule has 0 saturated heterocycles. The fourth-order valence-electron chi connectivity index (χ4n) is 2.75. The summed E-state index contributed by atoms with van der Waals surface area (Å²) in [7, 11) is 1.71. The lowest BCUT2D eigenvalue weighted by molar-refractivity contribution is -0.384. The van der Waals surface area contributed by atoms with Gasteiger partial charge in [0.15, 0.2) is 0 Å². The van der Waals surface area contributed by atoms with Crippen molar-refractivity contribution in [3.8, 4) is 0 Å². The summed E-state index contributed by atoms with van der Waals surface area (Å²) in [5.74, 6) is 1.94. The molecule has 1 fully saturated rings. The zero-order valence-electron chi connectivity index (χ0n) is 12.1. The molecule has 1 aliphatic carbocycles. The third-order valence-corrected chi connectivity index (χ3v) is 4.05. The van der Waals surface area contributed by atoms with Crippen LogP contribution in [-0.4, -0.2) is 23.0 Å². The van der Waals surface area contributed by atoms with Crippen LogP contribution >= 0.6 is 0 Å². The summed E-state index contributed by atoms with van der Waals surface area (Å²) >= 11 is 0. The zero-order valence-corrected chi connectivity index (χ0v) is 12.1. The van der Waals surface area contributed by atoms with E-state index in [1.807, 2.05) is 0 Å². The van der Waals surface area contributed by atoms with Crippen molar-refractivity contribution in [3.05, 3.63) is 22.2 Å². The molecule has 0 radical (unpaired) electrons. The molecule has 0 amide bonds. The van der Waals surface area contributed by atoms with Gasteiger partial charge in [-0.1, -0.05) is 13.3 Å². The highest BCUT2D eigenvalue weighted by molar-refractivity contribution is 5.54. The Morgan fingerprint density at radius 2 is 1.95 bits per heavy atom. The lowest BCUT2D eigenvalue weighted by atomic mass is 9.84. The second kappa shape index (κ2) is 6.54. The molecule has 0 spiro atoms. The van der Waals surface area contributed by atoms with Crippen molar-refractivity contribution in [1.29, 1.82) is 0 Å². The van der Waals surface area contributed by atoms with Gasteiger partial charge in [0.05, 0.1) is 17.1 Å². The van der Waals surface area contributed by atoms with Crippen LogP contribution in [0.5, 0.6) is 0 Å². The Morgan fingerprint density at radius 3 is 2.50 bits per heavy atom. The Bertz CT molecular complexity index is 470. The van der Waals surface area contributed by atoms with E-state index < -0.39 is 0 Å². The number of hydrogen-bond donors (Lipinski definition) is 2. The lowest BCUT2D eigenvalue weighted by Crippen LogP contribution is -2.26. The van der Waals surface area contributed by atoms with Crippen LogP contribution in [0.3, 0.4) is 0 Å². The molecule has 110 valence electrons. The molecule has 20 heavy (non-hydrogen) atoms. The number of nitrogens with one attached hydrogen (secondary N) is 2. The fraction of sp³-hybridized carbons (Fsp3) is 0.643. The molecule has 1 aromatic heterocycles. The molecule has 1 saturated carbocycles. The molecule has 6 nitrogen and oxygen atoms in total. The number of anilines is 2. The van der Waals surface area contributed by atoms with Crippen molar-refractivity contribution >= 4 is 17.3 Å². The molecule has 0 atom stereocenters. The number of pyridine rings is 1. The second-order valence-electron chi connectivity index (χ2n) is 5.37. The molecule has 2 N–H and O–H groups in total. The summed E-state index contributed by atoms with van der Waals surface area (Å²) < 4.78 is 0. The van der Waals surface area contributed by atoms with E-state index in [0.717, 1.165) is 18.8 Å². The summed E-state index contributed by atoms with van der Waals surface area (Å²) in [4.78, 5) is 14.9. The third kappa shape index (κ3) is 3.59. The molecule has 2 rings (SSSR count). The molecule has 0 unspecified atom stereocenters. The van der Waals surface area contributed by atoms with Crippen molar-refractivity contribution in [2.75, 3.05) is 17.7 Å². The van der Waals surface area contributed by atoms with Crippen LogP contribution < -0.4 is 10.6 Å². The molecular weight excluding hydrogens is 256 g/mol. The van der Waals surface area contributed by atoms with Crippen LogP contribution in [0.2, 0.25) is 0 Å². The molecule has 1 aromatic rings. The molecule has 0 aromatic carbocycles. The van der Waals surface area contributed by atoms with Gasteiger partial charge in [0.1, 0.15) is 11.6 Å². The van der Waals surface area contributed by atoms with Gasteiger partial charge in [-0.2, -0.15) is 0 Å². The maximum atomic E-state index is 10.9. The summed E-state index contributed by atoms with van der Waals surface area (Å²) in [5.41, 5.74) is 0.0640. The van der Waals surface area contributed by atoms with Crippen molar-refractivity contribution < 1.29 is 4.92 Å². The van der Waals surface area contributed by atoms with Crippen LogP contribution in [0.15, 0.2) is 12.1 Å². The fourth-order valence-corrected chi connectivity index (χ4v) is 2.75. The smallest absolute Gasteiger partial charge is 0.276 e. The van der Waals surface area contributed by atoms with Gasteiger partial charge in [-0.3, -0.25) is 10.1 Å². The van der Waals surface area contributed by atoms with Crippen LogP contribution in [0.25, 0.3) is 0 Å². The van der Waals surface area contributed by atoms with E-state index in [-0.39, 0.29) is 10.6 Å². The highest BCUT2D eigenvalue weighted by Crippen LogP contribution is 2.29. The summed E-state index contributed by atoms with van der Waals surface area (Å²) in [6.45, 7) is 2.24. The first-order valence-electron chi connectivity index (χ1n) is 7.23. The first-order chi connectivity index (χ1) is 9.62. The highest BCUT2D eigenvalue weighted by atomic mass is 16.6. The first kappa shape index (κ1) is 14.6. The van der Waals surface area contributed by atoms with Crippen molar-refractivity contribution in [3.63, 3.8) is 0 Å². The van der Waals surface area contributed by atoms with Gasteiger partial charge in [-0.15, -0.1) is 0 Å². The van der Waals surface area contributed by atoms with Crippen LogP contribution in [0.1, 0.15) is 39.0 Å². The standard InChI is InChI=1S/C14H22N4O2/c1-3-10-4-6-11(7-5-10)16-14-9-12(18(19)20)8-13(15-2)17-14/h8-11H,3-7H2,1-2H3,(H2,15,16,17). The molecule has 0 aliphatic heterocycles. The normalized spacial score (nSPS) is 22.3. The maximum Gasteiger partial charge on any atom is 0.276 e. The number of nitrogens with zero attached hydrogens (tertiary/aromatic N) is 2. The molecule has 1 aliphatic rings. The lowest BCUT2D eigenvalue weighted by Gasteiger charge is -2.28. The summed E-state index contributed by atoms with van der Waals surface area (Å²) in [6, 6.07) is 3.32. The van der Waals surface area contributed by atoms with E-state index in [4.69, 9.17) is 0 Å². The minimum absolute atomic E-state index is 0.0640. The predicted molar refractivity (Wildman–Crippen MR) is 80.1 cm³/mol. The average molecular weight is 278 g/mol. The van der Waals surface area contributed by atoms with E-state index in [9.17, 15) is 10.1 Å². The topological polar surface area (TPSA) is 80.1 Å². The van der Waals surface area contributed by atoms with Gasteiger partial charge in [0, 0.05) is 13.1 Å². The minimum Gasteiger partial charge on any atom is -0.373 e. The highest BCUT2D eigenvalue weighted by Gasteiger charge is 2.21. The third-order valence-electron chi connectivity index (χ3n) is 4.05. The van der Waals surface area contributed by atoms with E-state index in [0.29, 0.717) is 17.7 Å². The van der Waals surface area contributed by atoms with Crippen molar-refractivity contribution in [1.82, 2.24) is 4.98 Å². The largest absolute Gasteiger partial charge is 0.373 e.